The minimum Gasteiger partial charge on any atom is -0.508 e. The van der Waals surface area contributed by atoms with Crippen LogP contribution in [0.15, 0.2) is 58.2 Å². The highest BCUT2D eigenvalue weighted by molar-refractivity contribution is 7.99. The second-order valence-corrected chi connectivity index (χ2v) is 6.58. The summed E-state index contributed by atoms with van der Waals surface area (Å²) in [4.78, 5) is 23.7. The third-order valence-electron chi connectivity index (χ3n) is 3.27. The Bertz CT molecular complexity index is 944. The van der Waals surface area contributed by atoms with Gasteiger partial charge < -0.3 is 9.52 Å². The Balaban J connectivity index is 1.47. The lowest BCUT2D eigenvalue weighted by atomic mass is 10.2. The van der Waals surface area contributed by atoms with Gasteiger partial charge in [-0.2, -0.15) is 0 Å². The van der Waals surface area contributed by atoms with Crippen molar-refractivity contribution in [2.24, 2.45) is 0 Å². The van der Waals surface area contributed by atoms with Gasteiger partial charge >= 0.3 is 0 Å². The molecule has 1 aromatic heterocycles. The summed E-state index contributed by atoms with van der Waals surface area (Å²) >= 11 is 6.78. The molecule has 8 nitrogen and oxygen atoms in total. The van der Waals surface area contributed by atoms with Crippen molar-refractivity contribution in [2.45, 2.75) is 5.22 Å². The van der Waals surface area contributed by atoms with E-state index in [4.69, 9.17) is 16.0 Å². The lowest BCUT2D eigenvalue weighted by Gasteiger charge is -2.06. The summed E-state index contributed by atoms with van der Waals surface area (Å²) in [6, 6.07) is 12.5. The summed E-state index contributed by atoms with van der Waals surface area (Å²) in [6.07, 6.45) is 0. The number of carbonyl (C=O) groups is 2. The molecule has 0 aliphatic rings. The number of nitrogens with one attached hydrogen (secondary N) is 2. The Kier molecular flexibility index (Phi) is 5.94. The van der Waals surface area contributed by atoms with Crippen LogP contribution in [-0.4, -0.2) is 32.9 Å². The minimum atomic E-state index is -0.461. The van der Waals surface area contributed by atoms with E-state index in [0.29, 0.717) is 16.1 Å². The number of thioether (sulfide) groups is 1. The van der Waals surface area contributed by atoms with E-state index in [1.54, 1.807) is 36.4 Å². The number of aromatic hydroxyl groups is 1. The fourth-order valence-electron chi connectivity index (χ4n) is 1.95. The van der Waals surface area contributed by atoms with Crippen molar-refractivity contribution in [1.29, 1.82) is 0 Å². The molecule has 0 radical (unpaired) electrons. The summed E-state index contributed by atoms with van der Waals surface area (Å²) in [7, 11) is 0. The molecule has 138 valence electrons. The third-order valence-corrected chi connectivity index (χ3v) is 4.34. The normalized spacial score (nSPS) is 10.4. The zero-order valence-electron chi connectivity index (χ0n) is 13.7. The van der Waals surface area contributed by atoms with Crippen molar-refractivity contribution in [2.75, 3.05) is 5.75 Å². The van der Waals surface area contributed by atoms with Crippen LogP contribution in [-0.2, 0) is 4.79 Å². The summed E-state index contributed by atoms with van der Waals surface area (Å²) in [5.74, 6) is -0.527. The molecule has 2 amide bonds. The number of halogens is 1. The number of hydrogen-bond acceptors (Lipinski definition) is 7. The summed E-state index contributed by atoms with van der Waals surface area (Å²) in [6.45, 7) is 0. The van der Waals surface area contributed by atoms with Gasteiger partial charge in [-0.3, -0.25) is 20.4 Å². The van der Waals surface area contributed by atoms with Crippen molar-refractivity contribution in [1.82, 2.24) is 21.0 Å². The van der Waals surface area contributed by atoms with E-state index in [0.717, 1.165) is 11.8 Å². The molecule has 0 unspecified atom stereocenters. The maximum absolute atomic E-state index is 11.9. The van der Waals surface area contributed by atoms with Crippen LogP contribution in [0.5, 0.6) is 5.75 Å². The number of phenols is 1. The average Bonchev–Trinajstić information content (AvgIpc) is 3.14. The second-order valence-electron chi connectivity index (χ2n) is 5.22. The zero-order chi connectivity index (χ0) is 19.2. The van der Waals surface area contributed by atoms with Crippen LogP contribution in [0, 0.1) is 0 Å². The van der Waals surface area contributed by atoms with Crippen molar-refractivity contribution in [3.05, 3.63) is 59.1 Å². The monoisotopic (exact) mass is 404 g/mol. The van der Waals surface area contributed by atoms with E-state index < -0.39 is 11.8 Å². The molecule has 0 spiro atoms. The molecule has 3 aromatic rings. The molecular weight excluding hydrogens is 392 g/mol. The standard InChI is InChI=1S/C17H13ClN4O4S/c18-12-5-1-10(2-6-12)15(25)20-19-14(24)9-27-17-22-21-16(26-17)11-3-7-13(23)8-4-11/h1-8,23H,9H2,(H,19,24)(H,20,25). The Hall–Kier alpha value is -3.04. The number of carbonyl (C=O) groups excluding carboxylic acids is 2. The van der Waals surface area contributed by atoms with E-state index in [1.165, 1.54) is 12.1 Å². The van der Waals surface area contributed by atoms with Gasteiger partial charge in [0.2, 0.25) is 11.8 Å². The molecule has 0 aliphatic heterocycles. The van der Waals surface area contributed by atoms with Gasteiger partial charge in [-0.1, -0.05) is 23.4 Å². The molecule has 0 bridgehead atoms. The number of phenolic OH excluding ortho intramolecular Hbond substituents is 1. The van der Waals surface area contributed by atoms with Crippen molar-refractivity contribution in [3.8, 4) is 17.2 Å². The molecule has 1 heterocycles. The fourth-order valence-corrected chi connectivity index (χ4v) is 2.64. The fraction of sp³-hybridized carbons (Fsp3) is 0.0588. The van der Waals surface area contributed by atoms with E-state index in [-0.39, 0.29) is 22.6 Å². The number of hydrazine groups is 1. The molecule has 3 rings (SSSR count). The Morgan fingerprint density at radius 1 is 1.04 bits per heavy atom. The number of benzene rings is 2. The number of rotatable bonds is 5. The first-order chi connectivity index (χ1) is 13.0. The summed E-state index contributed by atoms with van der Waals surface area (Å²) in [5, 5.41) is 17.7. The maximum atomic E-state index is 11.9. The van der Waals surface area contributed by atoms with Crippen LogP contribution in [0.3, 0.4) is 0 Å². The van der Waals surface area contributed by atoms with Gasteiger partial charge in [-0.05, 0) is 48.5 Å². The Labute approximate surface area is 162 Å². The highest BCUT2D eigenvalue weighted by Gasteiger charge is 2.12. The van der Waals surface area contributed by atoms with E-state index in [9.17, 15) is 14.7 Å². The van der Waals surface area contributed by atoms with Crippen molar-refractivity contribution in [3.63, 3.8) is 0 Å². The molecule has 0 fully saturated rings. The molecule has 27 heavy (non-hydrogen) atoms. The van der Waals surface area contributed by atoms with Crippen LogP contribution in [0.4, 0.5) is 0 Å². The molecule has 10 heteroatoms. The largest absolute Gasteiger partial charge is 0.508 e. The first kappa shape index (κ1) is 18.7. The molecular formula is C17H13ClN4O4S. The topological polar surface area (TPSA) is 117 Å². The van der Waals surface area contributed by atoms with Gasteiger partial charge in [0.05, 0.1) is 5.75 Å². The van der Waals surface area contributed by atoms with Gasteiger partial charge in [0, 0.05) is 16.1 Å². The smallest absolute Gasteiger partial charge is 0.277 e. The van der Waals surface area contributed by atoms with Gasteiger partial charge in [0.15, 0.2) is 0 Å². The van der Waals surface area contributed by atoms with Crippen LogP contribution in [0.2, 0.25) is 5.02 Å². The summed E-state index contributed by atoms with van der Waals surface area (Å²) in [5.41, 5.74) is 5.62. The maximum Gasteiger partial charge on any atom is 0.277 e. The number of hydrogen-bond donors (Lipinski definition) is 3. The van der Waals surface area contributed by atoms with E-state index in [1.807, 2.05) is 0 Å². The number of amides is 2. The van der Waals surface area contributed by atoms with E-state index >= 15 is 0 Å². The molecule has 0 saturated carbocycles. The second kappa shape index (κ2) is 8.56. The molecule has 0 aliphatic carbocycles. The van der Waals surface area contributed by atoms with Crippen LogP contribution in [0.1, 0.15) is 10.4 Å². The lowest BCUT2D eigenvalue weighted by Crippen LogP contribution is -2.42. The molecule has 3 N–H and O–H groups in total. The minimum absolute atomic E-state index is 0.0297. The van der Waals surface area contributed by atoms with Crippen LogP contribution in [0.25, 0.3) is 11.5 Å². The zero-order valence-corrected chi connectivity index (χ0v) is 15.3. The highest BCUT2D eigenvalue weighted by atomic mass is 35.5. The third kappa shape index (κ3) is 5.22. The van der Waals surface area contributed by atoms with Gasteiger partial charge in [0.25, 0.3) is 11.1 Å². The molecule has 0 atom stereocenters. The molecule has 2 aromatic carbocycles. The Morgan fingerprint density at radius 3 is 2.44 bits per heavy atom. The Morgan fingerprint density at radius 2 is 1.74 bits per heavy atom. The predicted molar refractivity (Wildman–Crippen MR) is 99.2 cm³/mol. The van der Waals surface area contributed by atoms with Crippen LogP contribution >= 0.6 is 23.4 Å². The quantitative estimate of drug-likeness (QED) is 0.442. The van der Waals surface area contributed by atoms with Crippen molar-refractivity contribution < 1.29 is 19.1 Å². The first-order valence-corrected chi connectivity index (χ1v) is 8.98. The number of aromatic nitrogens is 2. The van der Waals surface area contributed by atoms with Gasteiger partial charge in [0.1, 0.15) is 5.75 Å². The molecule has 0 saturated heterocycles. The summed E-state index contributed by atoms with van der Waals surface area (Å²) < 4.78 is 5.45. The SMILES string of the molecule is O=C(CSc1nnc(-c2ccc(O)cc2)o1)NNC(=O)c1ccc(Cl)cc1. The lowest BCUT2D eigenvalue weighted by molar-refractivity contribution is -0.119. The predicted octanol–water partition coefficient (Wildman–Crippen LogP) is 2.65. The van der Waals surface area contributed by atoms with Crippen LogP contribution < -0.4 is 10.9 Å². The average molecular weight is 405 g/mol. The van der Waals surface area contributed by atoms with Crippen molar-refractivity contribution >= 4 is 35.2 Å². The van der Waals surface area contributed by atoms with Gasteiger partial charge in [-0.15, -0.1) is 10.2 Å². The number of nitrogens with zero attached hydrogens (tertiary/aromatic N) is 2. The van der Waals surface area contributed by atoms with E-state index in [2.05, 4.69) is 21.0 Å². The highest BCUT2D eigenvalue weighted by Crippen LogP contribution is 2.24. The van der Waals surface area contributed by atoms with Gasteiger partial charge in [-0.25, -0.2) is 0 Å². The first-order valence-electron chi connectivity index (χ1n) is 7.62.